The monoisotopic (exact) mass is 448 g/mol. The van der Waals surface area contributed by atoms with Crippen LogP contribution >= 0.6 is 0 Å². The second-order valence-corrected chi connectivity index (χ2v) is 7.53. The zero-order valence-corrected chi connectivity index (χ0v) is 18.0. The number of phenols is 2. The second-order valence-electron chi connectivity index (χ2n) is 7.53. The summed E-state index contributed by atoms with van der Waals surface area (Å²) in [5.74, 6) is -0.347. The summed E-state index contributed by atoms with van der Waals surface area (Å²) in [6.45, 7) is 4.26. The summed E-state index contributed by atoms with van der Waals surface area (Å²) >= 11 is 0. The lowest BCUT2D eigenvalue weighted by Crippen LogP contribution is -2.38. The maximum absolute atomic E-state index is 11.7. The molecule has 0 unspecified atom stereocenters. The quantitative estimate of drug-likeness (QED) is 0.494. The van der Waals surface area contributed by atoms with Crippen LogP contribution in [0, 0.1) is 0 Å². The minimum absolute atomic E-state index is 0.0453. The summed E-state index contributed by atoms with van der Waals surface area (Å²) in [5, 5.41) is 29.7. The fraction of sp³-hybridized carbons (Fsp3) is 0.455. The van der Waals surface area contributed by atoms with Crippen molar-refractivity contribution in [2.24, 2.45) is 0 Å². The van der Waals surface area contributed by atoms with Gasteiger partial charge in [-0.05, 0) is 30.2 Å². The van der Waals surface area contributed by atoms with E-state index in [1.807, 2.05) is 0 Å². The molecule has 3 rings (SSSR count). The van der Waals surface area contributed by atoms with E-state index in [9.17, 15) is 24.9 Å². The fourth-order valence-electron chi connectivity index (χ4n) is 3.66. The van der Waals surface area contributed by atoms with E-state index in [2.05, 4.69) is 9.64 Å². The fourth-order valence-corrected chi connectivity index (χ4v) is 3.66. The standard InChI is InChI=1S/C22H28N2O8/c1-30-20(27)12-15-11-16(25)13-18(26)21(15)19-4-3-17(32-19)14-24(22(28)29)6-2-5-23-7-9-31-10-8-23/h3-4,11,13,25-26H,2,5-10,12,14H2,1H3,(H,28,29). The van der Waals surface area contributed by atoms with Gasteiger partial charge in [-0.3, -0.25) is 9.69 Å². The number of carbonyl (C=O) groups excluding carboxylic acids is 1. The number of carbonyl (C=O) groups is 2. The third-order valence-electron chi connectivity index (χ3n) is 5.28. The van der Waals surface area contributed by atoms with E-state index in [4.69, 9.17) is 9.15 Å². The van der Waals surface area contributed by atoms with Crippen molar-refractivity contribution >= 4 is 12.1 Å². The SMILES string of the molecule is COC(=O)Cc1cc(O)cc(O)c1-c1ccc(CN(CCCN2CCOCC2)C(=O)O)o1. The normalized spacial score (nSPS) is 14.3. The zero-order chi connectivity index (χ0) is 23.1. The number of nitrogens with zero attached hydrogens (tertiary/aromatic N) is 2. The molecule has 1 amide bonds. The summed E-state index contributed by atoms with van der Waals surface area (Å²) in [5.41, 5.74) is 0.574. The Labute approximate surface area is 185 Å². The van der Waals surface area contributed by atoms with Gasteiger partial charge in [-0.1, -0.05) is 0 Å². The maximum atomic E-state index is 11.7. The van der Waals surface area contributed by atoms with Gasteiger partial charge in [0.1, 0.15) is 23.0 Å². The first kappa shape index (κ1) is 23.4. The van der Waals surface area contributed by atoms with Crippen LogP contribution in [0.4, 0.5) is 4.79 Å². The van der Waals surface area contributed by atoms with Crippen LogP contribution in [0.3, 0.4) is 0 Å². The third-order valence-corrected chi connectivity index (χ3v) is 5.28. The number of furan rings is 1. The molecule has 2 heterocycles. The molecule has 32 heavy (non-hydrogen) atoms. The molecule has 0 aliphatic carbocycles. The average Bonchev–Trinajstić information content (AvgIpc) is 3.21. The Morgan fingerprint density at radius 1 is 1.19 bits per heavy atom. The molecule has 0 radical (unpaired) electrons. The summed E-state index contributed by atoms with van der Waals surface area (Å²) in [6, 6.07) is 5.72. The minimum atomic E-state index is -1.05. The highest BCUT2D eigenvalue weighted by Crippen LogP contribution is 2.37. The van der Waals surface area contributed by atoms with Crippen molar-refractivity contribution in [3.05, 3.63) is 35.6 Å². The first-order valence-electron chi connectivity index (χ1n) is 10.4. The van der Waals surface area contributed by atoms with Crippen LogP contribution < -0.4 is 0 Å². The molecule has 0 saturated carbocycles. The van der Waals surface area contributed by atoms with Crippen molar-refractivity contribution in [1.82, 2.24) is 9.80 Å². The van der Waals surface area contributed by atoms with E-state index in [0.29, 0.717) is 37.5 Å². The number of aromatic hydroxyl groups is 2. The molecule has 1 saturated heterocycles. The number of hydrogen-bond acceptors (Lipinski definition) is 8. The number of ether oxygens (including phenoxy) is 2. The Balaban J connectivity index is 1.70. The number of esters is 1. The lowest BCUT2D eigenvalue weighted by molar-refractivity contribution is -0.139. The van der Waals surface area contributed by atoms with Crippen LogP contribution in [0.15, 0.2) is 28.7 Å². The third kappa shape index (κ3) is 6.14. The van der Waals surface area contributed by atoms with Gasteiger partial charge in [0.15, 0.2) is 0 Å². The molecule has 0 atom stereocenters. The average molecular weight is 448 g/mol. The van der Waals surface area contributed by atoms with Crippen molar-refractivity contribution in [1.29, 1.82) is 0 Å². The smallest absolute Gasteiger partial charge is 0.407 e. The molecule has 10 nitrogen and oxygen atoms in total. The molecule has 1 aliphatic heterocycles. The number of benzene rings is 1. The lowest BCUT2D eigenvalue weighted by Gasteiger charge is -2.27. The Morgan fingerprint density at radius 3 is 2.62 bits per heavy atom. The Hall–Kier alpha value is -3.24. The first-order valence-corrected chi connectivity index (χ1v) is 10.4. The lowest BCUT2D eigenvalue weighted by atomic mass is 10.0. The van der Waals surface area contributed by atoms with Gasteiger partial charge < -0.3 is 34.1 Å². The van der Waals surface area contributed by atoms with Gasteiger partial charge in [-0.2, -0.15) is 0 Å². The second kappa shape index (κ2) is 10.9. The van der Waals surface area contributed by atoms with Gasteiger partial charge in [-0.15, -0.1) is 0 Å². The van der Waals surface area contributed by atoms with Crippen molar-refractivity contribution in [3.63, 3.8) is 0 Å². The molecule has 1 aromatic heterocycles. The van der Waals surface area contributed by atoms with Gasteiger partial charge in [0.05, 0.1) is 38.9 Å². The Bertz CT molecular complexity index is 936. The predicted octanol–water partition coefficient (Wildman–Crippen LogP) is 2.28. The number of rotatable bonds is 9. The summed E-state index contributed by atoms with van der Waals surface area (Å²) < 4.78 is 15.8. The van der Waals surface area contributed by atoms with E-state index in [0.717, 1.165) is 25.7 Å². The number of morpholine rings is 1. The van der Waals surface area contributed by atoms with Gasteiger partial charge in [0.2, 0.25) is 0 Å². The van der Waals surface area contributed by atoms with Crippen LogP contribution in [0.1, 0.15) is 17.7 Å². The number of hydrogen-bond donors (Lipinski definition) is 3. The minimum Gasteiger partial charge on any atom is -0.508 e. The molecule has 2 aromatic rings. The van der Waals surface area contributed by atoms with Gasteiger partial charge in [0, 0.05) is 32.2 Å². The topological polar surface area (TPSA) is 133 Å². The molecule has 3 N–H and O–H groups in total. The maximum Gasteiger partial charge on any atom is 0.407 e. The summed E-state index contributed by atoms with van der Waals surface area (Å²) in [7, 11) is 1.25. The highest BCUT2D eigenvalue weighted by atomic mass is 16.5. The van der Waals surface area contributed by atoms with Gasteiger partial charge in [-0.25, -0.2) is 4.79 Å². The molecular formula is C22H28N2O8. The van der Waals surface area contributed by atoms with Gasteiger partial charge >= 0.3 is 12.1 Å². The van der Waals surface area contributed by atoms with Crippen molar-refractivity contribution < 1.29 is 38.8 Å². The molecule has 1 fully saturated rings. The van der Waals surface area contributed by atoms with Crippen LogP contribution in [0.5, 0.6) is 11.5 Å². The number of carboxylic acid groups (broad SMARTS) is 1. The van der Waals surface area contributed by atoms with Crippen LogP contribution in [-0.4, -0.2) is 83.7 Å². The van der Waals surface area contributed by atoms with Crippen molar-refractivity contribution in [2.75, 3.05) is 46.5 Å². The number of phenolic OH excluding ortho intramolecular Hbond substituents is 2. The Kier molecular flexibility index (Phi) is 7.96. The Morgan fingerprint density at radius 2 is 1.94 bits per heavy atom. The van der Waals surface area contributed by atoms with E-state index in [1.165, 1.54) is 18.1 Å². The van der Waals surface area contributed by atoms with Crippen LogP contribution in [0.2, 0.25) is 0 Å². The van der Waals surface area contributed by atoms with Gasteiger partial charge in [0.25, 0.3) is 0 Å². The molecule has 1 aromatic carbocycles. The van der Waals surface area contributed by atoms with E-state index < -0.39 is 12.1 Å². The van der Waals surface area contributed by atoms with E-state index in [1.54, 1.807) is 12.1 Å². The molecule has 0 spiro atoms. The highest BCUT2D eigenvalue weighted by Gasteiger charge is 2.20. The van der Waals surface area contributed by atoms with Crippen molar-refractivity contribution in [2.45, 2.75) is 19.4 Å². The molecule has 174 valence electrons. The van der Waals surface area contributed by atoms with Crippen molar-refractivity contribution in [3.8, 4) is 22.8 Å². The molecule has 1 aliphatic rings. The highest BCUT2D eigenvalue weighted by molar-refractivity contribution is 5.79. The predicted molar refractivity (Wildman–Crippen MR) is 114 cm³/mol. The number of amides is 1. The molecular weight excluding hydrogens is 420 g/mol. The number of methoxy groups -OCH3 is 1. The summed E-state index contributed by atoms with van der Waals surface area (Å²) in [6.07, 6.45) is -0.544. The summed E-state index contributed by atoms with van der Waals surface area (Å²) in [4.78, 5) is 26.9. The first-order chi connectivity index (χ1) is 15.4. The van der Waals surface area contributed by atoms with E-state index in [-0.39, 0.29) is 35.8 Å². The van der Waals surface area contributed by atoms with E-state index >= 15 is 0 Å². The molecule has 0 bridgehead atoms. The zero-order valence-electron chi connectivity index (χ0n) is 18.0. The largest absolute Gasteiger partial charge is 0.508 e. The van der Waals surface area contributed by atoms with Crippen LogP contribution in [0.25, 0.3) is 11.3 Å². The van der Waals surface area contributed by atoms with Crippen LogP contribution in [-0.2, 0) is 27.2 Å². The molecule has 10 heteroatoms.